The van der Waals surface area contributed by atoms with Crippen molar-refractivity contribution in [3.8, 4) is 0 Å². The van der Waals surface area contributed by atoms with E-state index in [4.69, 9.17) is 0 Å². The highest BCUT2D eigenvalue weighted by molar-refractivity contribution is 7.07. The van der Waals surface area contributed by atoms with Gasteiger partial charge in [-0.3, -0.25) is 10.2 Å². The Kier molecular flexibility index (Phi) is 4.52. The summed E-state index contributed by atoms with van der Waals surface area (Å²) in [5, 5.41) is 4.04. The van der Waals surface area contributed by atoms with Gasteiger partial charge in [0.2, 0.25) is 5.91 Å². The van der Waals surface area contributed by atoms with Crippen LogP contribution < -0.4 is 10.9 Å². The van der Waals surface area contributed by atoms with Gasteiger partial charge in [-0.15, -0.1) is 0 Å². The van der Waals surface area contributed by atoms with E-state index in [0.29, 0.717) is 13.1 Å². The summed E-state index contributed by atoms with van der Waals surface area (Å²) in [5.41, 5.74) is 8.01. The lowest BCUT2D eigenvalue weighted by Crippen LogP contribution is -2.36. The van der Waals surface area contributed by atoms with Crippen LogP contribution >= 0.6 is 11.3 Å². The third-order valence-electron chi connectivity index (χ3n) is 3.88. The van der Waals surface area contributed by atoms with Crippen LogP contribution in [-0.2, 0) is 11.3 Å². The fourth-order valence-corrected chi connectivity index (χ4v) is 3.42. The lowest BCUT2D eigenvalue weighted by atomic mass is 9.93. The fraction of sp³-hybridized carbons (Fsp3) is 0.312. The number of rotatable bonds is 4. The fourth-order valence-electron chi connectivity index (χ4n) is 2.76. The summed E-state index contributed by atoms with van der Waals surface area (Å²) in [5.74, 6) is -0.479. The smallest absolute Gasteiger partial charge is 0.229 e. The Morgan fingerprint density at radius 2 is 2.32 bits per heavy atom. The number of thiophene rings is 1. The number of carbonyl (C=O) groups is 1. The van der Waals surface area contributed by atoms with Crippen LogP contribution in [0.4, 0.5) is 4.39 Å². The summed E-state index contributed by atoms with van der Waals surface area (Å²) in [6, 6.07) is 8.20. The first-order chi connectivity index (χ1) is 10.6. The highest BCUT2D eigenvalue weighted by Crippen LogP contribution is 2.27. The van der Waals surface area contributed by atoms with Crippen LogP contribution in [0.1, 0.15) is 17.2 Å². The van der Waals surface area contributed by atoms with E-state index in [9.17, 15) is 9.18 Å². The first-order valence-corrected chi connectivity index (χ1v) is 8.09. The van der Waals surface area contributed by atoms with Crippen molar-refractivity contribution >= 4 is 17.2 Å². The average molecular weight is 319 g/mol. The standard InChI is InChI=1S/C16H18FN3OS/c1-20(9-11-5-6-22-10-11)16(21)14-8-18-19-15(14)12-3-2-4-13(17)7-12/h2-7,10,14-15,18-19H,8-9H2,1H3. The third kappa shape index (κ3) is 3.19. The van der Waals surface area contributed by atoms with Gasteiger partial charge in [0, 0.05) is 20.1 Å². The van der Waals surface area contributed by atoms with Crippen LogP contribution in [0, 0.1) is 11.7 Å². The average Bonchev–Trinajstić information content (AvgIpc) is 3.17. The summed E-state index contributed by atoms with van der Waals surface area (Å²) < 4.78 is 13.4. The summed E-state index contributed by atoms with van der Waals surface area (Å²) >= 11 is 1.62. The molecule has 1 aromatic heterocycles. The molecular formula is C16H18FN3OS. The monoisotopic (exact) mass is 319 g/mol. The van der Waals surface area contributed by atoms with Crippen LogP contribution in [0.25, 0.3) is 0 Å². The molecule has 22 heavy (non-hydrogen) atoms. The summed E-state index contributed by atoms with van der Waals surface area (Å²) in [6.07, 6.45) is 0. The Morgan fingerprint density at radius 3 is 3.05 bits per heavy atom. The van der Waals surface area contributed by atoms with Crippen molar-refractivity contribution in [2.45, 2.75) is 12.6 Å². The van der Waals surface area contributed by atoms with Crippen LogP contribution in [0.5, 0.6) is 0 Å². The number of hydrogen-bond donors (Lipinski definition) is 2. The zero-order valence-corrected chi connectivity index (χ0v) is 13.1. The van der Waals surface area contributed by atoms with Gasteiger partial charge in [0.05, 0.1) is 12.0 Å². The molecule has 1 amide bonds. The molecule has 2 aromatic rings. The second kappa shape index (κ2) is 6.56. The Balaban J connectivity index is 1.73. The minimum absolute atomic E-state index is 0.0537. The van der Waals surface area contributed by atoms with Gasteiger partial charge in [-0.25, -0.2) is 9.82 Å². The Labute approximate surface area is 132 Å². The van der Waals surface area contributed by atoms with E-state index < -0.39 is 0 Å². The van der Waals surface area contributed by atoms with Gasteiger partial charge in [-0.2, -0.15) is 11.3 Å². The molecule has 2 N–H and O–H groups in total. The van der Waals surface area contributed by atoms with Crippen LogP contribution in [0.15, 0.2) is 41.1 Å². The molecule has 0 aliphatic carbocycles. The van der Waals surface area contributed by atoms with Gasteiger partial charge in [0.25, 0.3) is 0 Å². The Bertz CT molecular complexity index is 647. The summed E-state index contributed by atoms with van der Waals surface area (Å²) in [7, 11) is 1.81. The van der Waals surface area contributed by atoms with Gasteiger partial charge in [-0.05, 0) is 40.1 Å². The molecule has 3 rings (SSSR count). The molecule has 6 heteroatoms. The van der Waals surface area contributed by atoms with E-state index in [-0.39, 0.29) is 23.7 Å². The maximum Gasteiger partial charge on any atom is 0.229 e. The molecule has 0 radical (unpaired) electrons. The SMILES string of the molecule is CN(Cc1ccsc1)C(=O)C1CNNC1c1cccc(F)c1. The van der Waals surface area contributed by atoms with Crippen LogP contribution in [0.3, 0.4) is 0 Å². The zero-order valence-electron chi connectivity index (χ0n) is 12.3. The lowest BCUT2D eigenvalue weighted by molar-refractivity contribution is -0.134. The number of halogens is 1. The molecule has 2 atom stereocenters. The maximum atomic E-state index is 13.4. The molecule has 0 saturated carbocycles. The van der Waals surface area contributed by atoms with Crippen LogP contribution in [0.2, 0.25) is 0 Å². The molecule has 2 heterocycles. The predicted molar refractivity (Wildman–Crippen MR) is 84.6 cm³/mol. The minimum Gasteiger partial charge on any atom is -0.341 e. The molecule has 1 aliphatic heterocycles. The second-order valence-electron chi connectivity index (χ2n) is 5.49. The number of carbonyl (C=O) groups excluding carboxylic acids is 1. The molecule has 116 valence electrons. The van der Waals surface area contributed by atoms with E-state index in [0.717, 1.165) is 11.1 Å². The largest absolute Gasteiger partial charge is 0.341 e. The second-order valence-corrected chi connectivity index (χ2v) is 6.27. The number of amides is 1. The normalized spacial score (nSPS) is 21.0. The van der Waals surface area contributed by atoms with Crippen molar-refractivity contribution in [2.75, 3.05) is 13.6 Å². The van der Waals surface area contributed by atoms with Crippen LogP contribution in [-0.4, -0.2) is 24.4 Å². The highest BCUT2D eigenvalue weighted by atomic mass is 32.1. The predicted octanol–water partition coefficient (Wildman–Crippen LogP) is 2.31. The van der Waals surface area contributed by atoms with E-state index in [1.54, 1.807) is 29.4 Å². The van der Waals surface area contributed by atoms with E-state index >= 15 is 0 Å². The van der Waals surface area contributed by atoms with E-state index in [1.165, 1.54) is 12.1 Å². The van der Waals surface area contributed by atoms with Crippen molar-refractivity contribution in [1.29, 1.82) is 0 Å². The topological polar surface area (TPSA) is 44.4 Å². The third-order valence-corrected chi connectivity index (χ3v) is 4.62. The number of nitrogens with one attached hydrogen (secondary N) is 2. The van der Waals surface area contributed by atoms with E-state index in [2.05, 4.69) is 10.9 Å². The zero-order chi connectivity index (χ0) is 15.5. The van der Waals surface area contributed by atoms with Crippen molar-refractivity contribution in [1.82, 2.24) is 15.8 Å². The minimum atomic E-state index is -0.288. The molecule has 1 aromatic carbocycles. The lowest BCUT2D eigenvalue weighted by Gasteiger charge is -2.24. The van der Waals surface area contributed by atoms with Crippen molar-refractivity contribution in [2.24, 2.45) is 5.92 Å². The molecule has 1 saturated heterocycles. The van der Waals surface area contributed by atoms with Crippen molar-refractivity contribution in [3.05, 3.63) is 58.0 Å². The van der Waals surface area contributed by atoms with E-state index in [1.807, 2.05) is 22.9 Å². The number of benzene rings is 1. The molecule has 0 spiro atoms. The number of nitrogens with zero attached hydrogens (tertiary/aromatic N) is 1. The Morgan fingerprint density at radius 1 is 1.45 bits per heavy atom. The highest BCUT2D eigenvalue weighted by Gasteiger charge is 2.35. The molecular weight excluding hydrogens is 301 g/mol. The van der Waals surface area contributed by atoms with Gasteiger partial charge in [-0.1, -0.05) is 12.1 Å². The molecule has 1 aliphatic rings. The van der Waals surface area contributed by atoms with Crippen molar-refractivity contribution < 1.29 is 9.18 Å². The van der Waals surface area contributed by atoms with Gasteiger partial charge in [0.15, 0.2) is 0 Å². The number of hydrogen-bond acceptors (Lipinski definition) is 4. The van der Waals surface area contributed by atoms with Gasteiger partial charge < -0.3 is 4.90 Å². The quantitative estimate of drug-likeness (QED) is 0.909. The molecule has 4 nitrogen and oxygen atoms in total. The van der Waals surface area contributed by atoms with Crippen molar-refractivity contribution in [3.63, 3.8) is 0 Å². The molecule has 1 fully saturated rings. The summed E-state index contributed by atoms with van der Waals surface area (Å²) in [4.78, 5) is 14.4. The summed E-state index contributed by atoms with van der Waals surface area (Å²) in [6.45, 7) is 1.13. The maximum absolute atomic E-state index is 13.4. The first kappa shape index (κ1) is 15.1. The molecule has 2 unspecified atom stereocenters. The molecule has 0 bridgehead atoms. The first-order valence-electron chi connectivity index (χ1n) is 7.15. The van der Waals surface area contributed by atoms with Gasteiger partial charge >= 0.3 is 0 Å². The van der Waals surface area contributed by atoms with Gasteiger partial charge in [0.1, 0.15) is 5.82 Å². The Hall–Kier alpha value is -1.76. The number of hydrazine groups is 1.